The number of hydrogen-bond acceptors (Lipinski definition) is 2. The lowest BCUT2D eigenvalue weighted by Gasteiger charge is -2.44. The molecule has 2 aromatic rings. The highest BCUT2D eigenvalue weighted by Crippen LogP contribution is 2.36. The zero-order valence-electron chi connectivity index (χ0n) is 15.8. The van der Waals surface area contributed by atoms with Crippen LogP contribution in [-0.4, -0.2) is 33.2 Å². The molecule has 0 bridgehead atoms. The highest BCUT2D eigenvalue weighted by atomic mass is 35.5. The molecule has 5 heteroatoms. The van der Waals surface area contributed by atoms with Gasteiger partial charge in [0.15, 0.2) is 0 Å². The summed E-state index contributed by atoms with van der Waals surface area (Å²) in [6, 6.07) is 8.08. The Hall–Kier alpha value is -2.07. The van der Waals surface area contributed by atoms with Crippen molar-refractivity contribution in [2.24, 2.45) is 13.0 Å². The minimum atomic E-state index is 0.135. The number of amides is 1. The number of hydrogen-bond donors (Lipinski definition) is 0. The number of benzene rings is 1. The molecular weight excluding hydrogens is 358 g/mol. The fraction of sp³-hybridized carbons (Fsp3) is 0.455. The molecule has 0 radical (unpaired) electrons. The van der Waals surface area contributed by atoms with Crippen LogP contribution in [0.15, 0.2) is 30.5 Å². The van der Waals surface area contributed by atoms with Crippen LogP contribution in [0.4, 0.5) is 0 Å². The molecule has 2 heterocycles. The van der Waals surface area contributed by atoms with Gasteiger partial charge in [0.05, 0.1) is 17.5 Å². The van der Waals surface area contributed by atoms with Gasteiger partial charge in [-0.2, -0.15) is 5.10 Å². The Kier molecular flexibility index (Phi) is 5.35. The van der Waals surface area contributed by atoms with E-state index in [0.29, 0.717) is 17.5 Å². The number of fused-ring (bicyclic) bond motifs is 1. The van der Waals surface area contributed by atoms with Crippen LogP contribution in [0.2, 0.25) is 5.02 Å². The molecule has 1 saturated heterocycles. The van der Waals surface area contributed by atoms with Gasteiger partial charge >= 0.3 is 0 Å². The Morgan fingerprint density at radius 2 is 1.85 bits per heavy atom. The van der Waals surface area contributed by atoms with Gasteiger partial charge < -0.3 is 4.90 Å². The second-order valence-corrected chi connectivity index (χ2v) is 8.14. The summed E-state index contributed by atoms with van der Waals surface area (Å²) in [6.45, 7) is 0.870. The number of aryl methyl sites for hydroxylation is 1. The van der Waals surface area contributed by atoms with E-state index in [-0.39, 0.29) is 5.91 Å². The molecule has 2 unspecified atom stereocenters. The summed E-state index contributed by atoms with van der Waals surface area (Å²) in [5, 5.41) is 5.08. The summed E-state index contributed by atoms with van der Waals surface area (Å²) in [7, 11) is 1.89. The molecular formula is C22H26ClN3O. The van der Waals surface area contributed by atoms with Crippen LogP contribution in [-0.2, 0) is 7.05 Å². The highest BCUT2D eigenvalue weighted by Gasteiger charge is 2.36. The quantitative estimate of drug-likeness (QED) is 0.744. The summed E-state index contributed by atoms with van der Waals surface area (Å²) in [5.41, 5.74) is 2.60. The van der Waals surface area contributed by atoms with Crippen LogP contribution in [0.5, 0.6) is 0 Å². The van der Waals surface area contributed by atoms with Gasteiger partial charge in [-0.15, -0.1) is 0 Å². The zero-order valence-corrected chi connectivity index (χ0v) is 16.5. The Morgan fingerprint density at radius 1 is 1.11 bits per heavy atom. The molecule has 2 aliphatic rings. The molecule has 2 fully saturated rings. The summed E-state index contributed by atoms with van der Waals surface area (Å²) in [4.78, 5) is 15.5. The molecule has 4 rings (SSSR count). The van der Waals surface area contributed by atoms with Crippen molar-refractivity contribution in [1.82, 2.24) is 14.7 Å². The van der Waals surface area contributed by atoms with Crippen molar-refractivity contribution in [3.63, 3.8) is 0 Å². The minimum absolute atomic E-state index is 0.135. The molecule has 1 aromatic heterocycles. The first-order valence-corrected chi connectivity index (χ1v) is 10.3. The maximum absolute atomic E-state index is 13.4. The van der Waals surface area contributed by atoms with Gasteiger partial charge in [0.1, 0.15) is 0 Å². The number of piperidine rings is 1. The van der Waals surface area contributed by atoms with Gasteiger partial charge in [0.2, 0.25) is 0 Å². The lowest BCUT2D eigenvalue weighted by molar-refractivity contribution is 0.0390. The zero-order chi connectivity index (χ0) is 18.8. The predicted molar refractivity (Wildman–Crippen MR) is 110 cm³/mol. The number of aromatic nitrogens is 2. The smallest absolute Gasteiger partial charge is 0.257 e. The molecule has 1 saturated carbocycles. The SMILES string of the molecule is Cn1ncc(C(=O)N2CCCC3CCCCC32)c1/C=C/c1ccc(Cl)cc1. The maximum Gasteiger partial charge on any atom is 0.257 e. The lowest BCUT2D eigenvalue weighted by Crippen LogP contribution is -2.49. The van der Waals surface area contributed by atoms with Gasteiger partial charge in [-0.25, -0.2) is 0 Å². The third-order valence-electron chi connectivity index (χ3n) is 6.02. The van der Waals surface area contributed by atoms with Crippen LogP contribution in [0.3, 0.4) is 0 Å². The third-order valence-corrected chi connectivity index (χ3v) is 6.27. The highest BCUT2D eigenvalue weighted by molar-refractivity contribution is 6.30. The minimum Gasteiger partial charge on any atom is -0.335 e. The number of rotatable bonds is 3. The van der Waals surface area contributed by atoms with E-state index in [0.717, 1.165) is 35.7 Å². The van der Waals surface area contributed by atoms with Crippen molar-refractivity contribution in [1.29, 1.82) is 0 Å². The van der Waals surface area contributed by atoms with Crippen LogP contribution in [0.1, 0.15) is 60.1 Å². The van der Waals surface area contributed by atoms with Gasteiger partial charge in [-0.3, -0.25) is 9.48 Å². The predicted octanol–water partition coefficient (Wildman–Crippen LogP) is 5.04. The van der Waals surface area contributed by atoms with E-state index in [9.17, 15) is 4.79 Å². The number of carbonyl (C=O) groups excluding carboxylic acids is 1. The van der Waals surface area contributed by atoms with E-state index in [4.69, 9.17) is 11.6 Å². The molecule has 1 aliphatic carbocycles. The molecule has 1 aromatic carbocycles. The standard InChI is InChI=1S/C22H26ClN3O/c1-25-21(13-10-16-8-11-18(23)12-9-16)19(15-24-25)22(27)26-14-4-6-17-5-2-3-7-20(17)26/h8-13,15,17,20H,2-7,14H2,1H3/b13-10+. The molecule has 142 valence electrons. The van der Waals surface area contributed by atoms with E-state index in [1.807, 2.05) is 43.5 Å². The van der Waals surface area contributed by atoms with Crippen molar-refractivity contribution >= 4 is 29.7 Å². The lowest BCUT2D eigenvalue weighted by atomic mass is 9.78. The Labute approximate surface area is 165 Å². The summed E-state index contributed by atoms with van der Waals surface area (Å²) in [5.74, 6) is 0.816. The fourth-order valence-corrected chi connectivity index (χ4v) is 4.72. The van der Waals surface area contributed by atoms with Crippen molar-refractivity contribution in [2.75, 3.05) is 6.54 Å². The first-order chi connectivity index (χ1) is 13.1. The van der Waals surface area contributed by atoms with E-state index in [1.54, 1.807) is 10.9 Å². The van der Waals surface area contributed by atoms with Crippen LogP contribution in [0, 0.1) is 5.92 Å². The monoisotopic (exact) mass is 383 g/mol. The van der Waals surface area contributed by atoms with Crippen LogP contribution >= 0.6 is 11.6 Å². The Balaban J connectivity index is 1.58. The van der Waals surface area contributed by atoms with E-state index in [2.05, 4.69) is 10.00 Å². The van der Waals surface area contributed by atoms with Crippen molar-refractivity contribution in [3.05, 3.63) is 52.3 Å². The van der Waals surface area contributed by atoms with Gasteiger partial charge in [0.25, 0.3) is 5.91 Å². The van der Waals surface area contributed by atoms with E-state index in [1.165, 1.54) is 25.7 Å². The third kappa shape index (κ3) is 3.81. The topological polar surface area (TPSA) is 38.1 Å². The second-order valence-electron chi connectivity index (χ2n) is 7.70. The first-order valence-electron chi connectivity index (χ1n) is 9.90. The normalized spacial score (nSPS) is 22.8. The van der Waals surface area contributed by atoms with E-state index >= 15 is 0 Å². The largest absolute Gasteiger partial charge is 0.335 e. The summed E-state index contributed by atoms with van der Waals surface area (Å²) < 4.78 is 1.78. The fourth-order valence-electron chi connectivity index (χ4n) is 4.59. The molecule has 4 nitrogen and oxygen atoms in total. The number of likely N-dealkylation sites (tertiary alicyclic amines) is 1. The second kappa shape index (κ2) is 7.89. The first kappa shape index (κ1) is 18.3. The maximum atomic E-state index is 13.4. The van der Waals surface area contributed by atoms with Gasteiger partial charge in [-0.1, -0.05) is 42.7 Å². The average Bonchev–Trinajstić information content (AvgIpc) is 3.07. The average molecular weight is 384 g/mol. The molecule has 0 N–H and O–H groups in total. The van der Waals surface area contributed by atoms with Gasteiger partial charge in [-0.05, 0) is 55.4 Å². The van der Waals surface area contributed by atoms with Crippen molar-refractivity contribution in [2.45, 2.75) is 44.6 Å². The van der Waals surface area contributed by atoms with E-state index < -0.39 is 0 Å². The molecule has 1 aliphatic heterocycles. The van der Waals surface area contributed by atoms with Crippen molar-refractivity contribution < 1.29 is 4.79 Å². The summed E-state index contributed by atoms with van der Waals surface area (Å²) >= 11 is 5.96. The molecule has 1 amide bonds. The van der Waals surface area contributed by atoms with Gasteiger partial charge in [0, 0.05) is 24.7 Å². The summed E-state index contributed by atoms with van der Waals surface area (Å²) in [6.07, 6.45) is 13.0. The van der Waals surface area contributed by atoms with Crippen LogP contribution < -0.4 is 0 Å². The van der Waals surface area contributed by atoms with Crippen molar-refractivity contribution in [3.8, 4) is 0 Å². The number of nitrogens with zero attached hydrogens (tertiary/aromatic N) is 3. The van der Waals surface area contributed by atoms with Crippen LogP contribution in [0.25, 0.3) is 12.2 Å². The Morgan fingerprint density at radius 3 is 2.67 bits per heavy atom. The molecule has 27 heavy (non-hydrogen) atoms. The molecule has 0 spiro atoms. The molecule has 2 atom stereocenters. The Bertz CT molecular complexity index is 838. The number of halogens is 1. The number of carbonyl (C=O) groups is 1.